The second-order valence-electron chi connectivity index (χ2n) is 5.36. The van der Waals surface area contributed by atoms with E-state index in [1.54, 1.807) is 24.3 Å². The van der Waals surface area contributed by atoms with Crippen LogP contribution in [0.25, 0.3) is 0 Å². The number of nitrogens with zero attached hydrogens (tertiary/aromatic N) is 1. The van der Waals surface area contributed by atoms with Gasteiger partial charge in [-0.3, -0.25) is 9.59 Å². The number of hydrogen-bond acceptors (Lipinski definition) is 6. The van der Waals surface area contributed by atoms with Crippen LogP contribution in [0.1, 0.15) is 16.1 Å². The summed E-state index contributed by atoms with van der Waals surface area (Å²) in [6.45, 7) is -0.561. The summed E-state index contributed by atoms with van der Waals surface area (Å²) in [7, 11) is -0.923. The van der Waals surface area contributed by atoms with Crippen LogP contribution >= 0.6 is 15.9 Å². The zero-order chi connectivity index (χ0) is 19.3. The van der Waals surface area contributed by atoms with Crippen molar-refractivity contribution >= 4 is 37.8 Å². The Morgan fingerprint density at radius 3 is 2.42 bits per heavy atom. The Balaban J connectivity index is 1.83. The molecule has 0 spiro atoms. The molecular weight excluding hydrogens is 428 g/mol. The van der Waals surface area contributed by atoms with Crippen molar-refractivity contribution in [1.29, 1.82) is 0 Å². The van der Waals surface area contributed by atoms with E-state index < -0.39 is 21.9 Å². The maximum Gasteiger partial charge on any atom is 0.325 e. The van der Waals surface area contributed by atoms with E-state index in [4.69, 9.17) is 9.15 Å². The zero-order valence-corrected chi connectivity index (χ0v) is 16.5. The van der Waals surface area contributed by atoms with Crippen LogP contribution in [0.4, 0.5) is 0 Å². The molecule has 1 heterocycles. The molecule has 26 heavy (non-hydrogen) atoms. The lowest BCUT2D eigenvalue weighted by atomic mass is 10.2. The minimum Gasteiger partial charge on any atom is -0.456 e. The average Bonchev–Trinajstić information content (AvgIpc) is 3.08. The van der Waals surface area contributed by atoms with E-state index in [0.717, 1.165) is 8.78 Å². The number of esters is 1. The Labute approximate surface area is 159 Å². The summed E-state index contributed by atoms with van der Waals surface area (Å²) in [5.74, 6) is -0.909. The normalized spacial score (nSPS) is 11.4. The predicted octanol–water partition coefficient (Wildman–Crippen LogP) is 1.77. The summed E-state index contributed by atoms with van der Waals surface area (Å²) in [5, 5.41) is 2.20. The number of benzene rings is 1. The van der Waals surface area contributed by atoms with Gasteiger partial charge in [-0.15, -0.1) is 0 Å². The molecule has 1 aromatic carbocycles. The molecule has 0 atom stereocenters. The Bertz CT molecular complexity index is 890. The van der Waals surface area contributed by atoms with E-state index in [1.807, 2.05) is 0 Å². The molecule has 0 aliphatic heterocycles. The molecular formula is C16H17BrN2O6S. The number of ether oxygens (including phenoxy) is 1. The van der Waals surface area contributed by atoms with Gasteiger partial charge in [0.25, 0.3) is 15.9 Å². The average molecular weight is 445 g/mol. The van der Waals surface area contributed by atoms with E-state index >= 15 is 0 Å². The summed E-state index contributed by atoms with van der Waals surface area (Å²) in [6, 6.07) is 9.34. The number of carbonyl (C=O) groups excluding carboxylic acids is 2. The Hall–Kier alpha value is -2.17. The SMILES string of the molecule is CN(C)S(=O)(=O)c1ccc(COC(=O)CNC(=O)c2ccc(Br)cc2)o1. The first-order valence-corrected chi connectivity index (χ1v) is 9.64. The monoisotopic (exact) mass is 444 g/mol. The highest BCUT2D eigenvalue weighted by atomic mass is 79.9. The standard InChI is InChI=1S/C16H17BrN2O6S/c1-19(2)26(22,23)15-8-7-13(25-15)10-24-14(20)9-18-16(21)11-3-5-12(17)6-4-11/h3-8H,9-10H2,1-2H3,(H,18,21). The zero-order valence-electron chi connectivity index (χ0n) is 14.1. The first-order chi connectivity index (χ1) is 12.2. The molecule has 0 saturated carbocycles. The van der Waals surface area contributed by atoms with E-state index in [-0.39, 0.29) is 24.0 Å². The fraction of sp³-hybridized carbons (Fsp3) is 0.250. The smallest absolute Gasteiger partial charge is 0.325 e. The van der Waals surface area contributed by atoms with E-state index in [2.05, 4.69) is 21.2 Å². The molecule has 1 N–H and O–H groups in total. The maximum atomic E-state index is 11.9. The van der Waals surface area contributed by atoms with Gasteiger partial charge in [-0.25, -0.2) is 12.7 Å². The number of hydrogen-bond donors (Lipinski definition) is 1. The van der Waals surface area contributed by atoms with Crippen LogP contribution in [0.5, 0.6) is 0 Å². The maximum absolute atomic E-state index is 11.9. The third-order valence-electron chi connectivity index (χ3n) is 3.25. The topological polar surface area (TPSA) is 106 Å². The largest absolute Gasteiger partial charge is 0.456 e. The summed E-state index contributed by atoms with van der Waals surface area (Å²) in [5.41, 5.74) is 0.408. The van der Waals surface area contributed by atoms with Crippen LogP contribution in [0.15, 0.2) is 50.4 Å². The molecule has 2 aromatic rings. The van der Waals surface area contributed by atoms with Gasteiger partial charge in [0.05, 0.1) is 0 Å². The van der Waals surface area contributed by atoms with E-state index in [1.165, 1.54) is 26.2 Å². The van der Waals surface area contributed by atoms with Crippen molar-refractivity contribution in [1.82, 2.24) is 9.62 Å². The number of halogens is 1. The first-order valence-electron chi connectivity index (χ1n) is 7.41. The molecule has 140 valence electrons. The van der Waals surface area contributed by atoms with Gasteiger partial charge in [-0.1, -0.05) is 15.9 Å². The van der Waals surface area contributed by atoms with Crippen LogP contribution < -0.4 is 5.32 Å². The van der Waals surface area contributed by atoms with Gasteiger partial charge < -0.3 is 14.5 Å². The van der Waals surface area contributed by atoms with Crippen molar-refractivity contribution in [2.75, 3.05) is 20.6 Å². The van der Waals surface area contributed by atoms with Crippen molar-refractivity contribution in [2.45, 2.75) is 11.7 Å². The third kappa shape index (κ3) is 5.16. The molecule has 8 nitrogen and oxygen atoms in total. The van der Waals surface area contributed by atoms with Crippen LogP contribution in [-0.2, 0) is 26.2 Å². The first kappa shape index (κ1) is 20.1. The molecule has 0 aliphatic carbocycles. The highest BCUT2D eigenvalue weighted by molar-refractivity contribution is 9.10. The van der Waals surface area contributed by atoms with E-state index in [0.29, 0.717) is 5.56 Å². The van der Waals surface area contributed by atoms with Gasteiger partial charge in [0, 0.05) is 24.1 Å². The number of nitrogens with one attached hydrogen (secondary N) is 1. The van der Waals surface area contributed by atoms with Crippen molar-refractivity contribution in [2.24, 2.45) is 0 Å². The molecule has 2 rings (SSSR count). The molecule has 0 unspecified atom stereocenters. The fourth-order valence-corrected chi connectivity index (χ4v) is 2.89. The van der Waals surface area contributed by atoms with E-state index in [9.17, 15) is 18.0 Å². The van der Waals surface area contributed by atoms with Gasteiger partial charge in [0.2, 0.25) is 5.09 Å². The quantitative estimate of drug-likeness (QED) is 0.652. The lowest BCUT2D eigenvalue weighted by Crippen LogP contribution is -2.30. The van der Waals surface area contributed by atoms with Crippen molar-refractivity contribution < 1.29 is 27.2 Å². The second-order valence-corrected chi connectivity index (χ2v) is 8.36. The Morgan fingerprint density at radius 2 is 1.81 bits per heavy atom. The molecule has 0 radical (unpaired) electrons. The molecule has 0 aliphatic rings. The summed E-state index contributed by atoms with van der Waals surface area (Å²) < 4.78 is 35.8. The minimum atomic E-state index is -3.68. The van der Waals surface area contributed by atoms with Gasteiger partial charge >= 0.3 is 5.97 Å². The van der Waals surface area contributed by atoms with Crippen molar-refractivity contribution in [3.05, 3.63) is 52.2 Å². The van der Waals surface area contributed by atoms with Crippen LogP contribution in [0.3, 0.4) is 0 Å². The Kier molecular flexibility index (Phi) is 6.57. The highest BCUT2D eigenvalue weighted by Crippen LogP contribution is 2.17. The lowest BCUT2D eigenvalue weighted by molar-refractivity contribution is -0.144. The van der Waals surface area contributed by atoms with Crippen LogP contribution in [0, 0.1) is 0 Å². The predicted molar refractivity (Wildman–Crippen MR) is 95.9 cm³/mol. The minimum absolute atomic E-state index is 0.179. The summed E-state index contributed by atoms with van der Waals surface area (Å²) in [6.07, 6.45) is 0. The van der Waals surface area contributed by atoms with Gasteiger partial charge in [-0.2, -0.15) is 0 Å². The van der Waals surface area contributed by atoms with Crippen LogP contribution in [-0.4, -0.2) is 45.2 Å². The van der Waals surface area contributed by atoms with Crippen molar-refractivity contribution in [3.63, 3.8) is 0 Å². The molecule has 1 amide bonds. The fourth-order valence-electron chi connectivity index (χ4n) is 1.81. The lowest BCUT2D eigenvalue weighted by Gasteiger charge is -2.08. The number of rotatable bonds is 7. The number of carbonyl (C=O) groups is 2. The summed E-state index contributed by atoms with van der Waals surface area (Å²) >= 11 is 3.27. The van der Waals surface area contributed by atoms with Crippen LogP contribution in [0.2, 0.25) is 0 Å². The molecule has 0 bridgehead atoms. The number of sulfonamides is 1. The Morgan fingerprint density at radius 1 is 1.15 bits per heavy atom. The highest BCUT2D eigenvalue weighted by Gasteiger charge is 2.21. The molecule has 0 saturated heterocycles. The molecule has 1 aromatic heterocycles. The third-order valence-corrected chi connectivity index (χ3v) is 5.47. The molecule has 10 heteroatoms. The molecule has 0 fully saturated rings. The van der Waals surface area contributed by atoms with Gasteiger partial charge in [-0.05, 0) is 36.4 Å². The van der Waals surface area contributed by atoms with Crippen molar-refractivity contribution in [3.8, 4) is 0 Å². The van der Waals surface area contributed by atoms with Gasteiger partial charge in [0.15, 0.2) is 0 Å². The summed E-state index contributed by atoms with van der Waals surface area (Å²) in [4.78, 5) is 23.6. The number of amides is 1. The van der Waals surface area contributed by atoms with Gasteiger partial charge in [0.1, 0.15) is 18.9 Å². The number of furan rings is 1. The second kappa shape index (κ2) is 8.47.